The lowest BCUT2D eigenvalue weighted by Gasteiger charge is -2.38. The van der Waals surface area contributed by atoms with Crippen molar-refractivity contribution in [2.45, 2.75) is 25.1 Å². The molecule has 1 fully saturated rings. The summed E-state index contributed by atoms with van der Waals surface area (Å²) in [6, 6.07) is 6.66. The number of nitrogens with zero attached hydrogens (tertiary/aromatic N) is 2. The Morgan fingerprint density at radius 1 is 1.47 bits per heavy atom. The Balaban J connectivity index is 2.22. The zero-order chi connectivity index (χ0) is 10.8. The summed E-state index contributed by atoms with van der Waals surface area (Å²) < 4.78 is 0.915. The number of pyridine rings is 1. The summed E-state index contributed by atoms with van der Waals surface area (Å²) in [7, 11) is 0. The number of anilines is 1. The molecule has 2 nitrogen and oxygen atoms in total. The van der Waals surface area contributed by atoms with Crippen molar-refractivity contribution in [1.82, 2.24) is 4.98 Å². The van der Waals surface area contributed by atoms with Crippen molar-refractivity contribution in [3.63, 3.8) is 0 Å². The van der Waals surface area contributed by atoms with Gasteiger partial charge in [0.25, 0.3) is 0 Å². The highest BCUT2D eigenvalue weighted by Crippen LogP contribution is 2.28. The number of thioether (sulfide) groups is 1. The minimum Gasteiger partial charge on any atom is -0.352 e. The second kappa shape index (κ2) is 4.74. The van der Waals surface area contributed by atoms with Crippen LogP contribution in [0.15, 0.2) is 22.8 Å². The quantitative estimate of drug-likeness (QED) is 0.738. The zero-order valence-corrected chi connectivity index (χ0v) is 11.4. The van der Waals surface area contributed by atoms with E-state index in [1.807, 2.05) is 23.9 Å². The van der Waals surface area contributed by atoms with Crippen LogP contribution in [0.25, 0.3) is 0 Å². The molecule has 0 aromatic carbocycles. The van der Waals surface area contributed by atoms with Gasteiger partial charge in [-0.3, -0.25) is 0 Å². The molecule has 15 heavy (non-hydrogen) atoms. The summed E-state index contributed by atoms with van der Waals surface area (Å²) >= 11 is 5.47. The SMILES string of the molecule is CC1SCCN(c2cccc(Br)n2)C1C. The van der Waals surface area contributed by atoms with Crippen molar-refractivity contribution in [2.24, 2.45) is 0 Å². The maximum absolute atomic E-state index is 4.52. The Labute approximate surface area is 104 Å². The van der Waals surface area contributed by atoms with E-state index in [1.54, 1.807) is 0 Å². The van der Waals surface area contributed by atoms with Gasteiger partial charge in [-0.15, -0.1) is 0 Å². The monoisotopic (exact) mass is 286 g/mol. The summed E-state index contributed by atoms with van der Waals surface area (Å²) in [5.74, 6) is 2.28. The second-order valence-corrected chi connectivity index (χ2v) is 6.13. The van der Waals surface area contributed by atoms with Crippen LogP contribution in [0.2, 0.25) is 0 Å². The Morgan fingerprint density at radius 3 is 3.00 bits per heavy atom. The Kier molecular flexibility index (Phi) is 3.57. The molecule has 0 bridgehead atoms. The van der Waals surface area contributed by atoms with Gasteiger partial charge in [0, 0.05) is 23.6 Å². The van der Waals surface area contributed by atoms with Crippen molar-refractivity contribution in [3.8, 4) is 0 Å². The molecule has 1 aliphatic heterocycles. The molecule has 4 heteroatoms. The molecule has 1 aromatic rings. The van der Waals surface area contributed by atoms with Gasteiger partial charge in [0.1, 0.15) is 10.4 Å². The highest BCUT2D eigenvalue weighted by atomic mass is 79.9. The van der Waals surface area contributed by atoms with Gasteiger partial charge in [-0.05, 0) is 35.0 Å². The largest absolute Gasteiger partial charge is 0.352 e. The first-order valence-corrected chi connectivity index (χ1v) is 7.03. The maximum atomic E-state index is 4.52. The molecule has 2 unspecified atom stereocenters. The first kappa shape index (κ1) is 11.3. The van der Waals surface area contributed by atoms with Crippen LogP contribution in [0.1, 0.15) is 13.8 Å². The average molecular weight is 287 g/mol. The van der Waals surface area contributed by atoms with Gasteiger partial charge in [-0.25, -0.2) is 4.98 Å². The number of aromatic nitrogens is 1. The highest BCUT2D eigenvalue weighted by molar-refractivity contribution is 9.10. The maximum Gasteiger partial charge on any atom is 0.130 e. The Bertz CT molecular complexity index is 345. The molecule has 82 valence electrons. The number of hydrogen-bond donors (Lipinski definition) is 0. The molecule has 0 amide bonds. The van der Waals surface area contributed by atoms with Crippen LogP contribution in [-0.2, 0) is 0 Å². The standard InChI is InChI=1S/C11H15BrN2S/c1-8-9(2)15-7-6-14(8)11-5-3-4-10(12)13-11/h3-5,8-9H,6-7H2,1-2H3. The highest BCUT2D eigenvalue weighted by Gasteiger charge is 2.25. The van der Waals surface area contributed by atoms with Crippen LogP contribution in [-0.4, -0.2) is 28.6 Å². The lowest BCUT2D eigenvalue weighted by atomic mass is 10.2. The van der Waals surface area contributed by atoms with Crippen LogP contribution >= 0.6 is 27.7 Å². The molecule has 0 saturated carbocycles. The van der Waals surface area contributed by atoms with Crippen LogP contribution in [0.5, 0.6) is 0 Å². The molecule has 2 rings (SSSR count). The fourth-order valence-electron chi connectivity index (χ4n) is 1.81. The van der Waals surface area contributed by atoms with E-state index in [4.69, 9.17) is 0 Å². The third-order valence-electron chi connectivity index (χ3n) is 2.88. The molecule has 0 N–H and O–H groups in total. The van der Waals surface area contributed by atoms with Gasteiger partial charge in [-0.2, -0.15) is 11.8 Å². The van der Waals surface area contributed by atoms with Crippen LogP contribution in [0.4, 0.5) is 5.82 Å². The molecule has 0 spiro atoms. The van der Waals surface area contributed by atoms with E-state index in [1.165, 1.54) is 5.75 Å². The average Bonchev–Trinajstić information content (AvgIpc) is 2.22. The Morgan fingerprint density at radius 2 is 2.27 bits per heavy atom. The van der Waals surface area contributed by atoms with E-state index < -0.39 is 0 Å². The van der Waals surface area contributed by atoms with Gasteiger partial charge in [0.2, 0.25) is 0 Å². The lowest BCUT2D eigenvalue weighted by Crippen LogP contribution is -2.45. The Hall–Kier alpha value is -0.220. The van der Waals surface area contributed by atoms with Crippen molar-refractivity contribution < 1.29 is 0 Å². The smallest absolute Gasteiger partial charge is 0.130 e. The molecular formula is C11H15BrN2S. The van der Waals surface area contributed by atoms with E-state index in [2.05, 4.69) is 45.7 Å². The van der Waals surface area contributed by atoms with Crippen molar-refractivity contribution >= 4 is 33.5 Å². The van der Waals surface area contributed by atoms with Crippen LogP contribution < -0.4 is 4.90 Å². The topological polar surface area (TPSA) is 16.1 Å². The fourth-order valence-corrected chi connectivity index (χ4v) is 3.25. The molecule has 0 radical (unpaired) electrons. The van der Waals surface area contributed by atoms with E-state index in [0.717, 1.165) is 17.0 Å². The van der Waals surface area contributed by atoms with E-state index in [0.29, 0.717) is 11.3 Å². The van der Waals surface area contributed by atoms with Crippen LogP contribution in [0, 0.1) is 0 Å². The first-order chi connectivity index (χ1) is 7.18. The van der Waals surface area contributed by atoms with Crippen LogP contribution in [0.3, 0.4) is 0 Å². The molecule has 1 aromatic heterocycles. The molecule has 2 atom stereocenters. The summed E-state index contributed by atoms with van der Waals surface area (Å²) in [5.41, 5.74) is 0. The predicted octanol–water partition coefficient (Wildman–Crippen LogP) is 3.17. The number of rotatable bonds is 1. The summed E-state index contributed by atoms with van der Waals surface area (Å²) in [5, 5.41) is 0.680. The lowest BCUT2D eigenvalue weighted by molar-refractivity contribution is 0.620. The molecule has 1 saturated heterocycles. The summed E-state index contributed by atoms with van der Waals surface area (Å²) in [4.78, 5) is 6.91. The molecular weight excluding hydrogens is 272 g/mol. The summed E-state index contributed by atoms with van der Waals surface area (Å²) in [6.45, 7) is 5.67. The minimum atomic E-state index is 0.561. The summed E-state index contributed by atoms with van der Waals surface area (Å²) in [6.07, 6.45) is 0. The second-order valence-electron chi connectivity index (χ2n) is 3.83. The normalized spacial score (nSPS) is 26.7. The third-order valence-corrected chi connectivity index (χ3v) is 4.66. The molecule has 1 aliphatic rings. The fraction of sp³-hybridized carbons (Fsp3) is 0.545. The van der Waals surface area contributed by atoms with Crippen molar-refractivity contribution in [1.29, 1.82) is 0 Å². The van der Waals surface area contributed by atoms with E-state index in [-0.39, 0.29) is 0 Å². The van der Waals surface area contributed by atoms with Gasteiger partial charge in [0.15, 0.2) is 0 Å². The molecule has 2 heterocycles. The third kappa shape index (κ3) is 2.48. The van der Waals surface area contributed by atoms with E-state index in [9.17, 15) is 0 Å². The first-order valence-electron chi connectivity index (χ1n) is 5.19. The van der Waals surface area contributed by atoms with Crippen molar-refractivity contribution in [3.05, 3.63) is 22.8 Å². The van der Waals surface area contributed by atoms with Crippen molar-refractivity contribution in [2.75, 3.05) is 17.2 Å². The zero-order valence-electron chi connectivity index (χ0n) is 8.98. The van der Waals surface area contributed by atoms with Gasteiger partial charge in [-0.1, -0.05) is 13.0 Å². The number of halogens is 1. The number of hydrogen-bond acceptors (Lipinski definition) is 3. The van der Waals surface area contributed by atoms with E-state index >= 15 is 0 Å². The minimum absolute atomic E-state index is 0.561. The van der Waals surface area contributed by atoms with Gasteiger partial charge < -0.3 is 4.90 Å². The molecule has 0 aliphatic carbocycles. The predicted molar refractivity (Wildman–Crippen MR) is 70.7 cm³/mol. The van der Waals surface area contributed by atoms with Gasteiger partial charge >= 0.3 is 0 Å². The van der Waals surface area contributed by atoms with Gasteiger partial charge in [0.05, 0.1) is 0 Å².